The van der Waals surface area contributed by atoms with Gasteiger partial charge in [-0.15, -0.1) is 0 Å². The van der Waals surface area contributed by atoms with Crippen LogP contribution >= 0.6 is 11.6 Å². The van der Waals surface area contributed by atoms with Crippen LogP contribution < -0.4 is 5.32 Å². The topological polar surface area (TPSA) is 66.5 Å². The lowest BCUT2D eigenvalue weighted by Gasteiger charge is -2.15. The van der Waals surface area contributed by atoms with Gasteiger partial charge in [-0.1, -0.05) is 41.9 Å². The zero-order valence-electron chi connectivity index (χ0n) is 13.3. The highest BCUT2D eigenvalue weighted by atomic mass is 35.5. The molecule has 8 heteroatoms. The number of nitrogens with zero attached hydrogens (tertiary/aromatic N) is 1. The Bertz CT molecular complexity index is 886. The third kappa shape index (κ3) is 5.67. The maximum atomic E-state index is 13.0. The predicted molar refractivity (Wildman–Crippen MR) is 97.1 cm³/mol. The number of anilines is 1. The number of hydrogen-bond donors (Lipinski definition) is 1. The molecule has 0 heterocycles. The minimum Gasteiger partial charge on any atom is -0.324 e. The Morgan fingerprint density at radius 1 is 1.24 bits per heavy atom. The van der Waals surface area contributed by atoms with Crippen LogP contribution in [0.3, 0.4) is 0 Å². The van der Waals surface area contributed by atoms with E-state index in [0.29, 0.717) is 0 Å². The number of likely N-dealkylation sites (N-methyl/N-ethyl adjacent to an activating group) is 1. The molecule has 0 atom stereocenters. The first-order chi connectivity index (χ1) is 11.8. The van der Waals surface area contributed by atoms with Gasteiger partial charge in [-0.25, -0.2) is 12.8 Å². The van der Waals surface area contributed by atoms with Crippen LogP contribution in [0.1, 0.15) is 5.56 Å². The molecule has 0 unspecified atom stereocenters. The van der Waals surface area contributed by atoms with Gasteiger partial charge in [0, 0.05) is 12.5 Å². The van der Waals surface area contributed by atoms with Gasteiger partial charge in [-0.05, 0) is 29.8 Å². The fourth-order valence-electron chi connectivity index (χ4n) is 1.91. The zero-order valence-corrected chi connectivity index (χ0v) is 14.9. The van der Waals surface area contributed by atoms with E-state index >= 15 is 0 Å². The lowest BCUT2D eigenvalue weighted by Crippen LogP contribution is -2.33. The molecule has 2 aromatic rings. The lowest BCUT2D eigenvalue weighted by molar-refractivity contribution is -0.116. The molecule has 0 saturated carbocycles. The highest BCUT2D eigenvalue weighted by molar-refractivity contribution is 7.92. The van der Waals surface area contributed by atoms with Crippen molar-refractivity contribution in [3.8, 4) is 0 Å². The van der Waals surface area contributed by atoms with Gasteiger partial charge in [-0.3, -0.25) is 4.79 Å². The second-order valence-corrected chi connectivity index (χ2v) is 7.52. The SMILES string of the molecule is CN(CC(=O)Nc1ccc(F)cc1Cl)S(=O)(=O)C=Cc1ccccc1. The minimum atomic E-state index is -3.76. The fourth-order valence-corrected chi connectivity index (χ4v) is 2.95. The number of carbonyl (C=O) groups is 1. The van der Waals surface area contributed by atoms with Crippen molar-refractivity contribution in [3.63, 3.8) is 0 Å². The van der Waals surface area contributed by atoms with Crippen LogP contribution in [-0.2, 0) is 14.8 Å². The first kappa shape index (κ1) is 19.1. The van der Waals surface area contributed by atoms with Gasteiger partial charge in [0.05, 0.1) is 17.3 Å². The van der Waals surface area contributed by atoms with Gasteiger partial charge >= 0.3 is 0 Å². The summed E-state index contributed by atoms with van der Waals surface area (Å²) < 4.78 is 38.3. The van der Waals surface area contributed by atoms with E-state index in [1.807, 2.05) is 6.07 Å². The van der Waals surface area contributed by atoms with Crippen molar-refractivity contribution in [2.75, 3.05) is 18.9 Å². The molecule has 0 spiro atoms. The fraction of sp³-hybridized carbons (Fsp3) is 0.118. The largest absolute Gasteiger partial charge is 0.324 e. The molecule has 132 valence electrons. The first-order valence-electron chi connectivity index (χ1n) is 7.22. The molecule has 25 heavy (non-hydrogen) atoms. The van der Waals surface area contributed by atoms with Gasteiger partial charge < -0.3 is 5.32 Å². The summed E-state index contributed by atoms with van der Waals surface area (Å²) >= 11 is 5.82. The van der Waals surface area contributed by atoms with E-state index in [2.05, 4.69) is 5.32 Å². The Labute approximate surface area is 150 Å². The molecule has 0 aliphatic carbocycles. The maximum absolute atomic E-state index is 13.0. The van der Waals surface area contributed by atoms with Gasteiger partial charge in [0.2, 0.25) is 15.9 Å². The number of halogens is 2. The van der Waals surface area contributed by atoms with Crippen molar-refractivity contribution in [2.24, 2.45) is 0 Å². The Balaban J connectivity index is 2.01. The molecule has 1 N–H and O–H groups in total. The van der Waals surface area contributed by atoms with Gasteiger partial charge in [-0.2, -0.15) is 4.31 Å². The number of benzene rings is 2. The van der Waals surface area contributed by atoms with Crippen molar-refractivity contribution in [3.05, 3.63) is 70.3 Å². The second kappa shape index (κ2) is 8.24. The van der Waals surface area contributed by atoms with E-state index in [4.69, 9.17) is 11.6 Å². The van der Waals surface area contributed by atoms with E-state index in [1.54, 1.807) is 24.3 Å². The monoisotopic (exact) mass is 382 g/mol. The summed E-state index contributed by atoms with van der Waals surface area (Å²) in [5.41, 5.74) is 0.931. The summed E-state index contributed by atoms with van der Waals surface area (Å²) in [7, 11) is -2.48. The summed E-state index contributed by atoms with van der Waals surface area (Å²) in [6, 6.07) is 12.4. The molecule has 0 aliphatic heterocycles. The molecule has 0 saturated heterocycles. The first-order valence-corrected chi connectivity index (χ1v) is 9.10. The summed E-state index contributed by atoms with van der Waals surface area (Å²) in [5, 5.41) is 3.51. The summed E-state index contributed by atoms with van der Waals surface area (Å²) in [6.45, 7) is -0.408. The van der Waals surface area contributed by atoms with Crippen molar-refractivity contribution < 1.29 is 17.6 Å². The van der Waals surface area contributed by atoms with Crippen molar-refractivity contribution in [2.45, 2.75) is 0 Å². The average molecular weight is 383 g/mol. The molecular formula is C17H16ClFN2O3S. The third-order valence-electron chi connectivity index (χ3n) is 3.24. The normalized spacial score (nSPS) is 11.8. The van der Waals surface area contributed by atoms with Crippen LogP contribution in [0.4, 0.5) is 10.1 Å². The number of nitrogens with one attached hydrogen (secondary N) is 1. The van der Waals surface area contributed by atoms with Crippen LogP contribution in [0.15, 0.2) is 53.9 Å². The molecule has 5 nitrogen and oxygen atoms in total. The van der Waals surface area contributed by atoms with Crippen LogP contribution in [-0.4, -0.2) is 32.2 Å². The summed E-state index contributed by atoms with van der Waals surface area (Å²) in [6.07, 6.45) is 1.45. The van der Waals surface area contributed by atoms with Gasteiger partial charge in [0.1, 0.15) is 5.82 Å². The highest BCUT2D eigenvalue weighted by Crippen LogP contribution is 2.22. The van der Waals surface area contributed by atoms with Crippen LogP contribution in [0.5, 0.6) is 0 Å². The molecular weight excluding hydrogens is 367 g/mol. The van der Waals surface area contributed by atoms with E-state index in [9.17, 15) is 17.6 Å². The Morgan fingerprint density at radius 2 is 1.92 bits per heavy atom. The minimum absolute atomic E-state index is 0.0304. The Hall–Kier alpha value is -2.22. The van der Waals surface area contributed by atoms with Crippen LogP contribution in [0.25, 0.3) is 6.08 Å². The zero-order chi connectivity index (χ0) is 18.4. The summed E-state index contributed by atoms with van der Waals surface area (Å²) in [5.74, 6) is -1.12. The van der Waals surface area contributed by atoms with Crippen LogP contribution in [0.2, 0.25) is 5.02 Å². The molecule has 0 fully saturated rings. The lowest BCUT2D eigenvalue weighted by atomic mass is 10.2. The van der Waals surface area contributed by atoms with E-state index < -0.39 is 28.3 Å². The molecule has 0 bridgehead atoms. The van der Waals surface area contributed by atoms with Crippen LogP contribution in [0, 0.1) is 5.82 Å². The van der Waals surface area contributed by atoms with E-state index in [-0.39, 0.29) is 10.7 Å². The Kier molecular flexibility index (Phi) is 6.30. The highest BCUT2D eigenvalue weighted by Gasteiger charge is 2.18. The third-order valence-corrected chi connectivity index (χ3v) is 5.03. The number of sulfonamides is 1. The molecule has 0 aromatic heterocycles. The maximum Gasteiger partial charge on any atom is 0.239 e. The van der Waals surface area contributed by atoms with Crippen molar-refractivity contribution >= 4 is 39.3 Å². The number of carbonyl (C=O) groups excluding carboxylic acids is 1. The molecule has 0 aliphatic rings. The van der Waals surface area contributed by atoms with Gasteiger partial charge in [0.15, 0.2) is 0 Å². The number of amides is 1. The molecule has 2 aromatic carbocycles. The smallest absolute Gasteiger partial charge is 0.239 e. The quantitative estimate of drug-likeness (QED) is 0.833. The van der Waals surface area contributed by atoms with Gasteiger partial charge in [0.25, 0.3) is 0 Å². The average Bonchev–Trinajstić information content (AvgIpc) is 2.56. The molecule has 2 rings (SSSR count). The molecule has 0 radical (unpaired) electrons. The molecule has 1 amide bonds. The standard InChI is InChI=1S/C17H16ClFN2O3S/c1-21(25(23,24)10-9-13-5-3-2-4-6-13)12-17(22)20-16-8-7-14(19)11-15(16)18/h2-11H,12H2,1H3,(H,20,22). The van der Waals surface area contributed by atoms with Crippen molar-refractivity contribution in [1.82, 2.24) is 4.31 Å². The van der Waals surface area contributed by atoms with E-state index in [0.717, 1.165) is 27.4 Å². The Morgan fingerprint density at radius 3 is 2.56 bits per heavy atom. The second-order valence-electron chi connectivity index (χ2n) is 5.19. The van der Waals surface area contributed by atoms with Crippen molar-refractivity contribution in [1.29, 1.82) is 0 Å². The summed E-state index contributed by atoms with van der Waals surface area (Å²) in [4.78, 5) is 12.0. The number of rotatable bonds is 6. The number of hydrogen-bond acceptors (Lipinski definition) is 3. The predicted octanol–water partition coefficient (Wildman–Crippen LogP) is 3.35. The van der Waals surface area contributed by atoms with E-state index in [1.165, 1.54) is 19.2 Å².